The SMILES string of the molecule is CC(NC(=O)CC1CCCC(N)C1)C1CCCO1. The lowest BCUT2D eigenvalue weighted by Crippen LogP contribution is -2.42. The molecule has 3 N–H and O–H groups in total. The summed E-state index contributed by atoms with van der Waals surface area (Å²) in [6, 6.07) is 0.435. The van der Waals surface area contributed by atoms with Crippen molar-refractivity contribution in [2.75, 3.05) is 6.61 Å². The lowest BCUT2D eigenvalue weighted by molar-refractivity contribution is -0.123. The number of hydrogen-bond acceptors (Lipinski definition) is 3. The van der Waals surface area contributed by atoms with E-state index in [1.54, 1.807) is 0 Å². The number of amides is 1. The van der Waals surface area contributed by atoms with Gasteiger partial charge in [0.25, 0.3) is 0 Å². The largest absolute Gasteiger partial charge is 0.376 e. The molecule has 1 amide bonds. The highest BCUT2D eigenvalue weighted by Gasteiger charge is 2.26. The molecule has 2 fully saturated rings. The Labute approximate surface area is 110 Å². The second kappa shape index (κ2) is 6.53. The minimum atomic E-state index is 0.136. The van der Waals surface area contributed by atoms with Crippen LogP contribution in [0.3, 0.4) is 0 Å². The fraction of sp³-hybridized carbons (Fsp3) is 0.929. The van der Waals surface area contributed by atoms with Gasteiger partial charge in [-0.15, -0.1) is 0 Å². The van der Waals surface area contributed by atoms with Gasteiger partial charge in [0.1, 0.15) is 0 Å². The first kappa shape index (κ1) is 13.8. The summed E-state index contributed by atoms with van der Waals surface area (Å²) < 4.78 is 5.59. The van der Waals surface area contributed by atoms with E-state index in [9.17, 15) is 4.79 Å². The minimum absolute atomic E-state index is 0.136. The fourth-order valence-electron chi connectivity index (χ4n) is 3.18. The summed E-state index contributed by atoms with van der Waals surface area (Å²) in [7, 11) is 0. The first-order valence-corrected chi connectivity index (χ1v) is 7.31. The predicted molar refractivity (Wildman–Crippen MR) is 71.1 cm³/mol. The van der Waals surface area contributed by atoms with E-state index in [2.05, 4.69) is 5.32 Å². The molecule has 4 heteroatoms. The van der Waals surface area contributed by atoms with Crippen LogP contribution in [-0.2, 0) is 9.53 Å². The molecule has 1 aliphatic carbocycles. The van der Waals surface area contributed by atoms with Gasteiger partial charge in [-0.25, -0.2) is 0 Å². The van der Waals surface area contributed by atoms with Crippen molar-refractivity contribution in [2.24, 2.45) is 11.7 Å². The van der Waals surface area contributed by atoms with Crippen molar-refractivity contribution < 1.29 is 9.53 Å². The lowest BCUT2D eigenvalue weighted by atomic mass is 9.84. The molecular weight excluding hydrogens is 228 g/mol. The Hall–Kier alpha value is -0.610. The second-order valence-corrected chi connectivity index (χ2v) is 5.90. The van der Waals surface area contributed by atoms with Crippen molar-refractivity contribution in [3.63, 3.8) is 0 Å². The Morgan fingerprint density at radius 3 is 2.89 bits per heavy atom. The molecular formula is C14H26N2O2. The molecule has 0 aromatic rings. The summed E-state index contributed by atoms with van der Waals surface area (Å²) in [6.07, 6.45) is 7.45. The summed E-state index contributed by atoms with van der Waals surface area (Å²) in [4.78, 5) is 12.0. The van der Waals surface area contributed by atoms with E-state index in [0.717, 1.165) is 38.7 Å². The zero-order chi connectivity index (χ0) is 13.0. The maximum atomic E-state index is 12.0. The highest BCUT2D eigenvalue weighted by Crippen LogP contribution is 2.25. The Kier molecular flexibility index (Phi) is 5.01. The average Bonchev–Trinajstić information content (AvgIpc) is 2.81. The zero-order valence-electron chi connectivity index (χ0n) is 11.4. The van der Waals surface area contributed by atoms with Gasteiger partial charge in [-0.05, 0) is 44.9 Å². The summed E-state index contributed by atoms with van der Waals surface area (Å²) in [5.74, 6) is 0.641. The van der Waals surface area contributed by atoms with Crippen LogP contribution in [-0.4, -0.2) is 30.7 Å². The molecule has 0 aromatic heterocycles. The molecule has 0 bridgehead atoms. The van der Waals surface area contributed by atoms with Crippen LogP contribution in [0.15, 0.2) is 0 Å². The van der Waals surface area contributed by atoms with Gasteiger partial charge in [0.15, 0.2) is 0 Å². The van der Waals surface area contributed by atoms with Crippen molar-refractivity contribution in [1.29, 1.82) is 0 Å². The molecule has 1 heterocycles. The molecule has 0 aromatic carbocycles. The minimum Gasteiger partial charge on any atom is -0.376 e. The van der Waals surface area contributed by atoms with Crippen molar-refractivity contribution in [1.82, 2.24) is 5.32 Å². The highest BCUT2D eigenvalue weighted by atomic mass is 16.5. The van der Waals surface area contributed by atoms with Gasteiger partial charge < -0.3 is 15.8 Å². The molecule has 1 saturated heterocycles. The molecule has 0 spiro atoms. The standard InChI is InChI=1S/C14H26N2O2/c1-10(13-6-3-7-18-13)16-14(17)9-11-4-2-5-12(15)8-11/h10-13H,2-9,15H2,1H3,(H,16,17). The Morgan fingerprint density at radius 2 is 2.22 bits per heavy atom. The van der Waals surface area contributed by atoms with Gasteiger partial charge in [0, 0.05) is 19.1 Å². The Morgan fingerprint density at radius 1 is 1.39 bits per heavy atom. The van der Waals surface area contributed by atoms with Crippen LogP contribution in [0.2, 0.25) is 0 Å². The zero-order valence-corrected chi connectivity index (χ0v) is 11.4. The lowest BCUT2D eigenvalue weighted by Gasteiger charge is -2.27. The van der Waals surface area contributed by atoms with Crippen LogP contribution in [0.5, 0.6) is 0 Å². The van der Waals surface area contributed by atoms with Crippen molar-refractivity contribution in [2.45, 2.75) is 70.1 Å². The third-order valence-electron chi connectivity index (χ3n) is 4.21. The molecule has 4 nitrogen and oxygen atoms in total. The molecule has 1 saturated carbocycles. The first-order valence-electron chi connectivity index (χ1n) is 7.31. The molecule has 18 heavy (non-hydrogen) atoms. The summed E-state index contributed by atoms with van der Waals surface area (Å²) >= 11 is 0. The summed E-state index contributed by atoms with van der Waals surface area (Å²) in [5.41, 5.74) is 5.95. The molecule has 0 radical (unpaired) electrons. The molecule has 104 valence electrons. The van der Waals surface area contributed by atoms with Gasteiger partial charge in [-0.1, -0.05) is 6.42 Å². The van der Waals surface area contributed by atoms with E-state index < -0.39 is 0 Å². The maximum absolute atomic E-state index is 12.0. The van der Waals surface area contributed by atoms with Crippen molar-refractivity contribution >= 4 is 5.91 Å². The van der Waals surface area contributed by atoms with Crippen LogP contribution in [0.25, 0.3) is 0 Å². The van der Waals surface area contributed by atoms with E-state index in [4.69, 9.17) is 10.5 Å². The van der Waals surface area contributed by atoms with E-state index in [-0.39, 0.29) is 18.1 Å². The Balaban J connectivity index is 1.70. The number of hydrogen-bond donors (Lipinski definition) is 2. The topological polar surface area (TPSA) is 64.4 Å². The third-order valence-corrected chi connectivity index (χ3v) is 4.21. The Bertz CT molecular complexity index is 271. The van der Waals surface area contributed by atoms with Gasteiger partial charge in [0.05, 0.1) is 12.1 Å². The van der Waals surface area contributed by atoms with Crippen molar-refractivity contribution in [3.05, 3.63) is 0 Å². The number of ether oxygens (including phenoxy) is 1. The van der Waals surface area contributed by atoms with Crippen LogP contribution in [0.1, 0.15) is 51.9 Å². The molecule has 2 rings (SSSR count). The summed E-state index contributed by atoms with van der Waals surface area (Å²) in [6.45, 7) is 2.88. The second-order valence-electron chi connectivity index (χ2n) is 5.90. The van der Waals surface area contributed by atoms with Crippen LogP contribution in [0, 0.1) is 5.92 Å². The molecule has 4 unspecified atom stereocenters. The van der Waals surface area contributed by atoms with Crippen molar-refractivity contribution in [3.8, 4) is 0 Å². The summed E-state index contributed by atoms with van der Waals surface area (Å²) in [5, 5.41) is 3.08. The number of nitrogens with two attached hydrogens (primary N) is 1. The van der Waals surface area contributed by atoms with E-state index in [0.29, 0.717) is 18.4 Å². The number of rotatable bonds is 4. The molecule has 1 aliphatic heterocycles. The van der Waals surface area contributed by atoms with Gasteiger partial charge in [-0.2, -0.15) is 0 Å². The monoisotopic (exact) mass is 254 g/mol. The molecule has 4 atom stereocenters. The highest BCUT2D eigenvalue weighted by molar-refractivity contribution is 5.76. The number of carbonyl (C=O) groups is 1. The number of carbonyl (C=O) groups excluding carboxylic acids is 1. The first-order chi connectivity index (χ1) is 8.65. The van der Waals surface area contributed by atoms with E-state index in [1.807, 2.05) is 6.92 Å². The predicted octanol–water partition coefficient (Wildman–Crippen LogP) is 1.58. The smallest absolute Gasteiger partial charge is 0.220 e. The quantitative estimate of drug-likeness (QED) is 0.800. The van der Waals surface area contributed by atoms with Crippen LogP contribution >= 0.6 is 0 Å². The van der Waals surface area contributed by atoms with Crippen LogP contribution in [0.4, 0.5) is 0 Å². The van der Waals surface area contributed by atoms with Gasteiger partial charge >= 0.3 is 0 Å². The third kappa shape index (κ3) is 3.95. The average molecular weight is 254 g/mol. The van der Waals surface area contributed by atoms with E-state index >= 15 is 0 Å². The number of nitrogens with one attached hydrogen (secondary N) is 1. The van der Waals surface area contributed by atoms with Gasteiger partial charge in [-0.3, -0.25) is 4.79 Å². The molecule has 2 aliphatic rings. The van der Waals surface area contributed by atoms with Gasteiger partial charge in [0.2, 0.25) is 5.91 Å². The fourth-order valence-corrected chi connectivity index (χ4v) is 3.18. The normalized spacial score (nSPS) is 34.2. The maximum Gasteiger partial charge on any atom is 0.220 e. The van der Waals surface area contributed by atoms with E-state index in [1.165, 1.54) is 6.42 Å². The van der Waals surface area contributed by atoms with Crippen LogP contribution < -0.4 is 11.1 Å².